The number of nitrogens with one attached hydrogen (secondary N) is 2. The van der Waals surface area contributed by atoms with Gasteiger partial charge in [0.05, 0.1) is 30.3 Å². The summed E-state index contributed by atoms with van der Waals surface area (Å²) < 4.78 is 20.9. The monoisotopic (exact) mass is 885 g/mol. The molecule has 5 atom stereocenters. The Morgan fingerprint density at radius 2 is 1.59 bits per heavy atom. The molecule has 4 fully saturated rings. The van der Waals surface area contributed by atoms with E-state index in [-0.39, 0.29) is 68.0 Å². The van der Waals surface area contributed by atoms with Crippen molar-refractivity contribution >= 4 is 46.7 Å². The number of carbonyl (C=O) groups is 6. The van der Waals surface area contributed by atoms with Crippen LogP contribution in [0.3, 0.4) is 0 Å². The van der Waals surface area contributed by atoms with Crippen LogP contribution in [0.2, 0.25) is 0 Å². The lowest BCUT2D eigenvalue weighted by Crippen LogP contribution is -2.60. The van der Waals surface area contributed by atoms with Crippen LogP contribution >= 0.6 is 0 Å². The third kappa shape index (κ3) is 10.4. The van der Waals surface area contributed by atoms with E-state index in [0.29, 0.717) is 43.7 Å². The summed E-state index contributed by atoms with van der Waals surface area (Å²) >= 11 is 0. The van der Waals surface area contributed by atoms with Crippen molar-refractivity contribution < 1.29 is 43.0 Å². The fraction of sp³-hybridized carbons (Fsp3) is 0.596. The highest BCUT2D eigenvalue weighted by Gasteiger charge is 2.49. The predicted molar refractivity (Wildman–Crippen MR) is 236 cm³/mol. The summed E-state index contributed by atoms with van der Waals surface area (Å²) in [5.74, 6) is -1.46. The highest BCUT2D eigenvalue weighted by molar-refractivity contribution is 6.00. The Morgan fingerprint density at radius 3 is 2.27 bits per heavy atom. The van der Waals surface area contributed by atoms with E-state index < -0.39 is 53.2 Å². The summed E-state index contributed by atoms with van der Waals surface area (Å²) in [6, 6.07) is 12.7. The lowest BCUT2D eigenvalue weighted by molar-refractivity contribution is -0.156. The van der Waals surface area contributed by atoms with Gasteiger partial charge in [-0.15, -0.1) is 0 Å². The number of aromatic nitrogens is 2. The quantitative estimate of drug-likeness (QED) is 0.285. The van der Waals surface area contributed by atoms with Crippen molar-refractivity contribution in [2.24, 2.45) is 18.4 Å². The molecule has 64 heavy (non-hydrogen) atoms. The first kappa shape index (κ1) is 46.4. The molecule has 5 heterocycles. The van der Waals surface area contributed by atoms with E-state index in [0.717, 1.165) is 30.4 Å². The molecule has 346 valence electrons. The second-order valence-corrected chi connectivity index (χ2v) is 19.6. The van der Waals surface area contributed by atoms with Crippen LogP contribution in [0.25, 0.3) is 11.0 Å². The zero-order valence-electron chi connectivity index (χ0n) is 38.1. The molecular formula is C47H63N7O10. The summed E-state index contributed by atoms with van der Waals surface area (Å²) in [5.41, 5.74) is 1.47. The number of ether oxygens (including phenoxy) is 3. The number of amides is 6. The van der Waals surface area contributed by atoms with Gasteiger partial charge in [0.25, 0.3) is 0 Å². The number of fused-ring (bicyclic) bond motifs is 1. The number of piperidine rings is 2. The van der Waals surface area contributed by atoms with Gasteiger partial charge < -0.3 is 34.2 Å². The zero-order valence-corrected chi connectivity index (χ0v) is 38.1. The molecule has 1 unspecified atom stereocenters. The minimum Gasteiger partial charge on any atom is -0.444 e. The van der Waals surface area contributed by atoms with Gasteiger partial charge in [-0.25, -0.2) is 9.59 Å². The fourth-order valence-corrected chi connectivity index (χ4v) is 9.38. The van der Waals surface area contributed by atoms with Crippen molar-refractivity contribution in [3.05, 3.63) is 70.1 Å². The molecule has 0 saturated carbocycles. The molecule has 6 amide bonds. The van der Waals surface area contributed by atoms with Gasteiger partial charge >= 0.3 is 11.8 Å². The molecule has 4 aliphatic heterocycles. The standard InChI is InChI=1S/C47H63N7O10/c1-46(2,3)40(49-44(60)64-47(4,5)6)43(59)53-22-19-35(39(53)42(58)52-23-24-62-36(27-52)31-11-9-8-10-12-31)63-28-38(56)51-20-17-29(18-21-51)25-30-13-14-32-34(26-30)50(7)45(61)54(32)33-15-16-37(55)48-41(33)57/h8-14,26,29,33,35-36,39-40H,15-25,27-28H2,1-7H3,(H,49,60)(H,48,55,57)/t33?,35-,36+,39+,40-/m1/s1. The van der Waals surface area contributed by atoms with E-state index >= 15 is 0 Å². The largest absolute Gasteiger partial charge is 0.444 e. The van der Waals surface area contributed by atoms with E-state index in [1.807, 2.05) is 69.3 Å². The van der Waals surface area contributed by atoms with Crippen molar-refractivity contribution in [3.8, 4) is 0 Å². The van der Waals surface area contributed by atoms with Crippen LogP contribution in [0.4, 0.5) is 4.79 Å². The molecular weight excluding hydrogens is 823 g/mol. The molecule has 17 heteroatoms. The number of nitrogens with zero attached hydrogens (tertiary/aromatic N) is 5. The summed E-state index contributed by atoms with van der Waals surface area (Å²) in [6.07, 6.45) is 1.15. The van der Waals surface area contributed by atoms with Gasteiger partial charge in [-0.3, -0.25) is 38.4 Å². The SMILES string of the molecule is Cn1c(=O)n(C2CCC(=O)NC2=O)c2ccc(CC3CCN(C(=O)CO[C@@H]4CCN(C(=O)[C@@H](NC(=O)OC(C)(C)C)C(C)(C)C)[C@@H]4C(=O)N4CCO[C@H](c5ccccc5)C4)CC3)cc21. The molecule has 0 radical (unpaired) electrons. The summed E-state index contributed by atoms with van der Waals surface area (Å²) in [6.45, 7) is 12.6. The molecule has 0 aliphatic carbocycles. The first-order valence-corrected chi connectivity index (χ1v) is 22.5. The lowest BCUT2D eigenvalue weighted by atomic mass is 9.85. The number of alkyl carbamates (subject to hydrolysis) is 1. The average molecular weight is 886 g/mol. The van der Waals surface area contributed by atoms with E-state index in [1.54, 1.807) is 37.6 Å². The van der Waals surface area contributed by atoms with Gasteiger partial charge in [-0.05, 0) is 87.5 Å². The van der Waals surface area contributed by atoms with Crippen LogP contribution in [0.1, 0.15) is 96.9 Å². The van der Waals surface area contributed by atoms with Gasteiger partial charge in [0.1, 0.15) is 36.4 Å². The van der Waals surface area contributed by atoms with E-state index in [1.165, 1.54) is 14.0 Å². The van der Waals surface area contributed by atoms with Crippen LogP contribution < -0.4 is 16.3 Å². The summed E-state index contributed by atoms with van der Waals surface area (Å²) in [4.78, 5) is 98.6. The zero-order chi connectivity index (χ0) is 46.1. The summed E-state index contributed by atoms with van der Waals surface area (Å²) in [7, 11) is 1.68. The van der Waals surface area contributed by atoms with Gasteiger partial charge in [-0.1, -0.05) is 57.2 Å². The molecule has 2 aromatic carbocycles. The van der Waals surface area contributed by atoms with Gasteiger partial charge in [0.2, 0.25) is 29.5 Å². The van der Waals surface area contributed by atoms with Crippen LogP contribution in [-0.2, 0) is 51.7 Å². The van der Waals surface area contributed by atoms with Crippen LogP contribution in [-0.4, -0.2) is 129 Å². The molecule has 2 N–H and O–H groups in total. The summed E-state index contributed by atoms with van der Waals surface area (Å²) in [5, 5.41) is 5.12. The number of likely N-dealkylation sites (tertiary alicyclic amines) is 2. The molecule has 0 spiro atoms. The Labute approximate surface area is 373 Å². The average Bonchev–Trinajstić information content (AvgIpc) is 3.78. The number of imide groups is 1. The Kier molecular flexibility index (Phi) is 13.7. The lowest BCUT2D eigenvalue weighted by Gasteiger charge is -2.40. The maximum atomic E-state index is 14.7. The molecule has 1 aromatic heterocycles. The van der Waals surface area contributed by atoms with E-state index in [2.05, 4.69) is 10.6 Å². The third-order valence-electron chi connectivity index (χ3n) is 12.8. The molecule has 4 aliphatic rings. The molecule has 3 aromatic rings. The topological polar surface area (TPSA) is 191 Å². The number of carbonyl (C=O) groups excluding carboxylic acids is 6. The molecule has 17 nitrogen and oxygen atoms in total. The number of imidazole rings is 1. The predicted octanol–water partition coefficient (Wildman–Crippen LogP) is 3.62. The van der Waals surface area contributed by atoms with E-state index in [9.17, 15) is 33.6 Å². The number of hydrogen-bond donors (Lipinski definition) is 2. The maximum Gasteiger partial charge on any atom is 0.408 e. The first-order valence-electron chi connectivity index (χ1n) is 22.5. The highest BCUT2D eigenvalue weighted by Crippen LogP contribution is 2.32. The van der Waals surface area contributed by atoms with Crippen molar-refractivity contribution in [1.82, 2.24) is 34.5 Å². The van der Waals surface area contributed by atoms with Crippen LogP contribution in [0.15, 0.2) is 53.3 Å². The first-order chi connectivity index (χ1) is 30.3. The van der Waals surface area contributed by atoms with Crippen molar-refractivity contribution in [1.29, 1.82) is 0 Å². The molecule has 4 saturated heterocycles. The van der Waals surface area contributed by atoms with Crippen LogP contribution in [0.5, 0.6) is 0 Å². The third-order valence-corrected chi connectivity index (χ3v) is 12.8. The van der Waals surface area contributed by atoms with Crippen molar-refractivity contribution in [2.75, 3.05) is 45.9 Å². The second kappa shape index (κ2) is 18.9. The number of rotatable bonds is 10. The van der Waals surface area contributed by atoms with E-state index in [4.69, 9.17) is 14.2 Å². The van der Waals surface area contributed by atoms with Gasteiger partial charge in [0, 0.05) is 39.6 Å². The minimum absolute atomic E-state index is 0.171. The second-order valence-electron chi connectivity index (χ2n) is 19.6. The number of benzene rings is 2. The number of aryl methyl sites for hydroxylation is 1. The molecule has 0 bridgehead atoms. The Hall–Kier alpha value is -5.55. The Balaban J connectivity index is 1.00. The number of hydrogen-bond acceptors (Lipinski definition) is 10. The van der Waals surface area contributed by atoms with Crippen LogP contribution in [0, 0.1) is 11.3 Å². The minimum atomic E-state index is -1.04. The maximum absolute atomic E-state index is 14.7. The fourth-order valence-electron chi connectivity index (χ4n) is 9.38. The van der Waals surface area contributed by atoms with Crippen molar-refractivity contribution in [3.63, 3.8) is 0 Å². The number of morpholine rings is 1. The highest BCUT2D eigenvalue weighted by atomic mass is 16.6. The van der Waals surface area contributed by atoms with Crippen molar-refractivity contribution in [2.45, 2.75) is 116 Å². The van der Waals surface area contributed by atoms with Gasteiger partial charge in [-0.2, -0.15) is 0 Å². The smallest absolute Gasteiger partial charge is 0.408 e. The normalized spacial score (nSPS) is 23.0. The van der Waals surface area contributed by atoms with Gasteiger partial charge in [0.15, 0.2) is 0 Å². The molecule has 7 rings (SSSR count). The Bertz CT molecular complexity index is 2300. The Morgan fingerprint density at radius 1 is 0.875 bits per heavy atom.